The van der Waals surface area contributed by atoms with Gasteiger partial charge in [0.25, 0.3) is 0 Å². The molecular weight excluding hydrogens is 205 g/mol. The van der Waals surface area contributed by atoms with E-state index in [2.05, 4.69) is 5.32 Å². The summed E-state index contributed by atoms with van der Waals surface area (Å²) < 4.78 is 13.8. The monoisotopic (exact) mass is 223 g/mol. The molecule has 0 amide bonds. The minimum atomic E-state index is -0.587. The number of aryl methyl sites for hydroxylation is 1. The molecule has 1 heterocycles. The highest BCUT2D eigenvalue weighted by atomic mass is 19.1. The predicted octanol–water partition coefficient (Wildman–Crippen LogP) is 2.80. The molecule has 0 saturated heterocycles. The highest BCUT2D eigenvalue weighted by Gasteiger charge is 2.40. The third kappa shape index (κ3) is 1.50. The number of halogens is 1. The number of hydrogen-bond donors (Lipinski definition) is 2. The van der Waals surface area contributed by atoms with Gasteiger partial charge in [-0.3, -0.25) is 0 Å². The lowest BCUT2D eigenvalue weighted by Crippen LogP contribution is -2.50. The maximum absolute atomic E-state index is 13.8. The lowest BCUT2D eigenvalue weighted by Gasteiger charge is -2.43. The van der Waals surface area contributed by atoms with Crippen LogP contribution in [0.25, 0.3) is 0 Å². The summed E-state index contributed by atoms with van der Waals surface area (Å²) in [5.41, 5.74) is 2.03. The SMILES string of the molecule is Cc1ccc(F)c2c1NC(C)(C)[C@@H](O)[C@@H]2C. The molecule has 3 heteroatoms. The molecule has 1 aliphatic rings. The van der Waals surface area contributed by atoms with E-state index in [9.17, 15) is 9.50 Å². The highest BCUT2D eigenvalue weighted by molar-refractivity contribution is 5.63. The van der Waals surface area contributed by atoms with E-state index in [1.807, 2.05) is 27.7 Å². The molecule has 2 N–H and O–H groups in total. The Labute approximate surface area is 95.5 Å². The number of fused-ring (bicyclic) bond motifs is 1. The van der Waals surface area contributed by atoms with Crippen LogP contribution in [0.2, 0.25) is 0 Å². The molecule has 0 bridgehead atoms. The van der Waals surface area contributed by atoms with Crippen LogP contribution in [0.15, 0.2) is 12.1 Å². The van der Waals surface area contributed by atoms with Gasteiger partial charge >= 0.3 is 0 Å². The lowest BCUT2D eigenvalue weighted by atomic mass is 9.78. The Morgan fingerprint density at radius 3 is 2.62 bits per heavy atom. The Bertz CT molecular complexity index is 428. The topological polar surface area (TPSA) is 32.3 Å². The van der Waals surface area contributed by atoms with Gasteiger partial charge in [0.05, 0.1) is 11.6 Å². The summed E-state index contributed by atoms with van der Waals surface area (Å²) in [4.78, 5) is 0. The van der Waals surface area contributed by atoms with Gasteiger partial charge in [-0.05, 0) is 32.4 Å². The van der Waals surface area contributed by atoms with Crippen molar-refractivity contribution in [3.63, 3.8) is 0 Å². The average Bonchev–Trinajstić information content (AvgIpc) is 2.20. The molecule has 16 heavy (non-hydrogen) atoms. The Balaban J connectivity index is 2.63. The summed E-state index contributed by atoms with van der Waals surface area (Å²) in [6.45, 7) is 7.68. The van der Waals surface area contributed by atoms with Crippen LogP contribution in [0.4, 0.5) is 10.1 Å². The van der Waals surface area contributed by atoms with E-state index in [1.54, 1.807) is 6.07 Å². The van der Waals surface area contributed by atoms with Gasteiger partial charge < -0.3 is 10.4 Å². The van der Waals surface area contributed by atoms with E-state index in [0.717, 1.165) is 11.3 Å². The molecule has 1 aliphatic heterocycles. The van der Waals surface area contributed by atoms with Crippen LogP contribution in [0.3, 0.4) is 0 Å². The standard InChI is InChI=1S/C13H18FNO/c1-7-5-6-9(14)10-8(2)12(16)13(3,4)15-11(7)10/h5-6,8,12,15-16H,1-4H3/t8-,12+/m1/s1. The first-order valence-corrected chi connectivity index (χ1v) is 5.60. The molecule has 2 nitrogen and oxygen atoms in total. The molecule has 1 aromatic carbocycles. The number of hydrogen-bond acceptors (Lipinski definition) is 2. The van der Waals surface area contributed by atoms with Crippen molar-refractivity contribution in [1.29, 1.82) is 0 Å². The Kier molecular flexibility index (Phi) is 2.46. The summed E-state index contributed by atoms with van der Waals surface area (Å²) in [5.74, 6) is -0.429. The van der Waals surface area contributed by atoms with Crippen molar-refractivity contribution in [2.45, 2.75) is 45.3 Å². The van der Waals surface area contributed by atoms with Gasteiger partial charge in [0, 0.05) is 17.2 Å². The molecular formula is C13H18FNO. The summed E-state index contributed by atoms with van der Waals surface area (Å²) >= 11 is 0. The fourth-order valence-electron chi connectivity index (χ4n) is 2.49. The third-order valence-electron chi connectivity index (χ3n) is 3.52. The molecule has 0 spiro atoms. The van der Waals surface area contributed by atoms with Gasteiger partial charge in [-0.15, -0.1) is 0 Å². The van der Waals surface area contributed by atoms with E-state index in [0.29, 0.717) is 5.56 Å². The molecule has 88 valence electrons. The normalized spacial score (nSPS) is 27.1. The predicted molar refractivity (Wildman–Crippen MR) is 63.3 cm³/mol. The van der Waals surface area contributed by atoms with Gasteiger partial charge in [-0.2, -0.15) is 0 Å². The summed E-state index contributed by atoms with van der Waals surface area (Å²) in [5, 5.41) is 13.4. The van der Waals surface area contributed by atoms with Gasteiger partial charge in [-0.1, -0.05) is 13.0 Å². The number of aliphatic hydroxyl groups is 1. The fraction of sp³-hybridized carbons (Fsp3) is 0.538. The number of benzene rings is 1. The molecule has 0 fully saturated rings. The average molecular weight is 223 g/mol. The van der Waals surface area contributed by atoms with Crippen LogP contribution in [0.5, 0.6) is 0 Å². The first-order chi connectivity index (χ1) is 7.34. The van der Waals surface area contributed by atoms with Crippen molar-refractivity contribution in [1.82, 2.24) is 0 Å². The van der Waals surface area contributed by atoms with E-state index >= 15 is 0 Å². The number of rotatable bonds is 0. The lowest BCUT2D eigenvalue weighted by molar-refractivity contribution is 0.0854. The number of aliphatic hydroxyl groups excluding tert-OH is 1. The van der Waals surface area contributed by atoms with E-state index < -0.39 is 11.6 Å². The quantitative estimate of drug-likeness (QED) is 0.709. The summed E-state index contributed by atoms with van der Waals surface area (Å²) in [6.07, 6.45) is -0.587. The fourth-order valence-corrected chi connectivity index (χ4v) is 2.49. The van der Waals surface area contributed by atoms with Crippen LogP contribution in [0, 0.1) is 12.7 Å². The Morgan fingerprint density at radius 1 is 1.38 bits per heavy atom. The third-order valence-corrected chi connectivity index (χ3v) is 3.52. The zero-order chi connectivity index (χ0) is 12.1. The minimum Gasteiger partial charge on any atom is -0.390 e. The van der Waals surface area contributed by atoms with Gasteiger partial charge in [0.2, 0.25) is 0 Å². The highest BCUT2D eigenvalue weighted by Crippen LogP contribution is 2.41. The first-order valence-electron chi connectivity index (χ1n) is 5.60. The Hall–Kier alpha value is -1.09. The maximum atomic E-state index is 13.8. The van der Waals surface area contributed by atoms with Crippen molar-refractivity contribution in [2.24, 2.45) is 0 Å². The van der Waals surface area contributed by atoms with Crippen molar-refractivity contribution < 1.29 is 9.50 Å². The second kappa shape index (κ2) is 3.45. The van der Waals surface area contributed by atoms with Crippen LogP contribution in [-0.2, 0) is 0 Å². The largest absolute Gasteiger partial charge is 0.390 e. The minimum absolute atomic E-state index is 0.189. The Morgan fingerprint density at radius 2 is 2.00 bits per heavy atom. The molecule has 0 radical (unpaired) electrons. The van der Waals surface area contributed by atoms with Gasteiger partial charge in [-0.25, -0.2) is 4.39 Å². The molecule has 0 unspecified atom stereocenters. The number of nitrogens with one attached hydrogen (secondary N) is 1. The molecule has 2 atom stereocenters. The van der Waals surface area contributed by atoms with Crippen LogP contribution in [0.1, 0.15) is 37.8 Å². The summed E-state index contributed by atoms with van der Waals surface area (Å²) in [7, 11) is 0. The zero-order valence-corrected chi connectivity index (χ0v) is 10.1. The van der Waals surface area contributed by atoms with Crippen LogP contribution in [-0.4, -0.2) is 16.7 Å². The molecule has 0 aromatic heterocycles. The van der Waals surface area contributed by atoms with Crippen LogP contribution >= 0.6 is 0 Å². The molecule has 1 aromatic rings. The second-order valence-corrected chi connectivity index (χ2v) is 5.23. The van der Waals surface area contributed by atoms with Gasteiger partial charge in [0.15, 0.2) is 0 Å². The first kappa shape index (κ1) is 11.4. The van der Waals surface area contributed by atoms with E-state index in [-0.39, 0.29) is 11.7 Å². The van der Waals surface area contributed by atoms with E-state index in [1.165, 1.54) is 6.07 Å². The molecule has 0 aliphatic carbocycles. The van der Waals surface area contributed by atoms with Crippen molar-refractivity contribution in [3.8, 4) is 0 Å². The molecule has 2 rings (SSSR count). The van der Waals surface area contributed by atoms with Gasteiger partial charge in [0.1, 0.15) is 5.82 Å². The van der Waals surface area contributed by atoms with Crippen LogP contribution < -0.4 is 5.32 Å². The maximum Gasteiger partial charge on any atom is 0.128 e. The number of anilines is 1. The van der Waals surface area contributed by atoms with Crippen molar-refractivity contribution >= 4 is 5.69 Å². The van der Waals surface area contributed by atoms with Crippen molar-refractivity contribution in [2.75, 3.05) is 5.32 Å². The summed E-state index contributed by atoms with van der Waals surface area (Å²) in [6, 6.07) is 3.24. The van der Waals surface area contributed by atoms with Crippen molar-refractivity contribution in [3.05, 3.63) is 29.1 Å². The molecule has 0 saturated carbocycles. The second-order valence-electron chi connectivity index (χ2n) is 5.23. The zero-order valence-electron chi connectivity index (χ0n) is 10.1. The van der Waals surface area contributed by atoms with E-state index in [4.69, 9.17) is 0 Å². The smallest absolute Gasteiger partial charge is 0.128 e.